The van der Waals surface area contributed by atoms with Crippen LogP contribution in [0.1, 0.15) is 34.8 Å². The predicted octanol–water partition coefficient (Wildman–Crippen LogP) is 3.12. The molecule has 2 aromatic rings. The fourth-order valence-electron chi connectivity index (χ4n) is 2.04. The van der Waals surface area contributed by atoms with Crippen molar-refractivity contribution in [3.8, 4) is 0 Å². The third kappa shape index (κ3) is 4.53. The summed E-state index contributed by atoms with van der Waals surface area (Å²) >= 11 is 1.61. The van der Waals surface area contributed by atoms with Gasteiger partial charge in [0.25, 0.3) is 5.91 Å². The third-order valence-corrected chi connectivity index (χ3v) is 4.23. The van der Waals surface area contributed by atoms with Crippen molar-refractivity contribution in [1.29, 1.82) is 0 Å². The van der Waals surface area contributed by atoms with Gasteiger partial charge in [0, 0.05) is 30.9 Å². The van der Waals surface area contributed by atoms with Crippen molar-refractivity contribution in [2.75, 3.05) is 19.4 Å². The number of hydrogen-bond acceptors (Lipinski definition) is 4. The molecule has 2 aromatic heterocycles. The van der Waals surface area contributed by atoms with Crippen LogP contribution in [0.5, 0.6) is 0 Å². The van der Waals surface area contributed by atoms with Crippen LogP contribution >= 0.6 is 11.3 Å². The van der Waals surface area contributed by atoms with Crippen molar-refractivity contribution >= 4 is 29.0 Å². The zero-order valence-electron chi connectivity index (χ0n) is 13.4. The molecule has 2 heterocycles. The summed E-state index contributed by atoms with van der Waals surface area (Å²) in [4.78, 5) is 30.6. The van der Waals surface area contributed by atoms with Gasteiger partial charge >= 0.3 is 6.03 Å². The molecule has 0 saturated heterocycles. The topological polar surface area (TPSA) is 74.3 Å². The number of anilines is 1. The number of nitrogens with zero attached hydrogens (tertiary/aromatic N) is 2. The van der Waals surface area contributed by atoms with Crippen molar-refractivity contribution in [3.05, 3.63) is 46.4 Å². The normalized spacial score (nSPS) is 11.6. The number of amides is 3. The Bertz CT molecular complexity index is 670. The molecular formula is C16H20N4O2S. The molecule has 1 atom stereocenters. The van der Waals surface area contributed by atoms with Gasteiger partial charge in [-0.2, -0.15) is 0 Å². The van der Waals surface area contributed by atoms with Crippen LogP contribution in [0.15, 0.2) is 35.8 Å². The van der Waals surface area contributed by atoms with Gasteiger partial charge < -0.3 is 15.5 Å². The van der Waals surface area contributed by atoms with E-state index in [1.807, 2.05) is 24.4 Å². The molecule has 0 fully saturated rings. The fraction of sp³-hybridized carbons (Fsp3) is 0.312. The van der Waals surface area contributed by atoms with Crippen LogP contribution in [0.2, 0.25) is 0 Å². The lowest BCUT2D eigenvalue weighted by Gasteiger charge is -2.16. The quantitative estimate of drug-likeness (QED) is 0.883. The van der Waals surface area contributed by atoms with Crippen molar-refractivity contribution in [3.63, 3.8) is 0 Å². The summed E-state index contributed by atoms with van der Waals surface area (Å²) in [5.74, 6) is -0.209. The number of rotatable bonds is 5. The van der Waals surface area contributed by atoms with Gasteiger partial charge in [-0.25, -0.2) is 4.79 Å². The van der Waals surface area contributed by atoms with Gasteiger partial charge in [-0.15, -0.1) is 11.3 Å². The molecule has 0 unspecified atom stereocenters. The van der Waals surface area contributed by atoms with E-state index in [0.29, 0.717) is 5.69 Å². The summed E-state index contributed by atoms with van der Waals surface area (Å²) < 4.78 is 0. The molecular weight excluding hydrogens is 312 g/mol. The first-order valence-electron chi connectivity index (χ1n) is 7.30. The molecule has 0 aliphatic rings. The molecule has 2 N–H and O–H groups in total. The molecule has 0 aliphatic carbocycles. The Hall–Kier alpha value is -2.41. The maximum absolute atomic E-state index is 12.2. The number of pyridine rings is 1. The second-order valence-electron chi connectivity index (χ2n) is 5.20. The van der Waals surface area contributed by atoms with E-state index in [2.05, 4.69) is 15.6 Å². The highest BCUT2D eigenvalue weighted by molar-refractivity contribution is 7.10. The van der Waals surface area contributed by atoms with E-state index in [0.717, 1.165) is 11.3 Å². The summed E-state index contributed by atoms with van der Waals surface area (Å²) in [6.07, 6.45) is 2.30. The Morgan fingerprint density at radius 3 is 2.74 bits per heavy atom. The van der Waals surface area contributed by atoms with Gasteiger partial charge in [0.2, 0.25) is 0 Å². The monoisotopic (exact) mass is 332 g/mol. The molecule has 23 heavy (non-hydrogen) atoms. The number of urea groups is 1. The van der Waals surface area contributed by atoms with Crippen LogP contribution in [0.25, 0.3) is 0 Å². The minimum absolute atomic E-state index is 0.0280. The van der Waals surface area contributed by atoms with E-state index >= 15 is 0 Å². The SMILES string of the molecule is CC[C@H](NC(=O)Nc1ccnc(C(=O)N(C)C)c1)c1cccs1. The Labute approximate surface area is 139 Å². The van der Waals surface area contributed by atoms with E-state index in [-0.39, 0.29) is 23.7 Å². The molecule has 7 heteroatoms. The first-order chi connectivity index (χ1) is 11.0. The fourth-order valence-corrected chi connectivity index (χ4v) is 2.90. The number of carbonyl (C=O) groups excluding carboxylic acids is 2. The number of thiophene rings is 1. The summed E-state index contributed by atoms with van der Waals surface area (Å²) in [6.45, 7) is 2.02. The van der Waals surface area contributed by atoms with Crippen molar-refractivity contribution < 1.29 is 9.59 Å². The van der Waals surface area contributed by atoms with E-state index in [1.165, 1.54) is 11.1 Å². The average Bonchev–Trinajstić information content (AvgIpc) is 3.06. The maximum Gasteiger partial charge on any atom is 0.319 e. The molecule has 0 aromatic carbocycles. The number of carbonyl (C=O) groups is 2. The van der Waals surface area contributed by atoms with E-state index in [9.17, 15) is 9.59 Å². The highest BCUT2D eigenvalue weighted by atomic mass is 32.1. The zero-order chi connectivity index (χ0) is 16.8. The van der Waals surface area contributed by atoms with Gasteiger partial charge in [0.05, 0.1) is 6.04 Å². The molecule has 0 spiro atoms. The number of aromatic nitrogens is 1. The van der Waals surface area contributed by atoms with Crippen LogP contribution in [-0.4, -0.2) is 35.9 Å². The summed E-state index contributed by atoms with van der Waals surface area (Å²) in [6, 6.07) is 6.84. The Morgan fingerprint density at radius 1 is 1.35 bits per heavy atom. The lowest BCUT2D eigenvalue weighted by atomic mass is 10.2. The van der Waals surface area contributed by atoms with Crippen LogP contribution in [0, 0.1) is 0 Å². The predicted molar refractivity (Wildman–Crippen MR) is 91.8 cm³/mol. The summed E-state index contributed by atoms with van der Waals surface area (Å²) in [7, 11) is 3.31. The Kier molecular flexibility index (Phi) is 5.70. The molecule has 0 bridgehead atoms. The minimum atomic E-state index is -0.306. The molecule has 0 aliphatic heterocycles. The molecule has 0 saturated carbocycles. The van der Waals surface area contributed by atoms with Crippen molar-refractivity contribution in [2.45, 2.75) is 19.4 Å². The second-order valence-corrected chi connectivity index (χ2v) is 6.18. The molecule has 0 radical (unpaired) electrons. The van der Waals surface area contributed by atoms with E-state index in [1.54, 1.807) is 37.6 Å². The van der Waals surface area contributed by atoms with Crippen LogP contribution in [0.3, 0.4) is 0 Å². The third-order valence-electron chi connectivity index (χ3n) is 3.24. The van der Waals surface area contributed by atoms with Gasteiger partial charge in [-0.3, -0.25) is 9.78 Å². The molecule has 122 valence electrons. The first kappa shape index (κ1) is 17.0. The van der Waals surface area contributed by atoms with Gasteiger partial charge in [-0.05, 0) is 30.0 Å². The highest BCUT2D eigenvalue weighted by Gasteiger charge is 2.15. The number of nitrogens with one attached hydrogen (secondary N) is 2. The van der Waals surface area contributed by atoms with E-state index < -0.39 is 0 Å². The first-order valence-corrected chi connectivity index (χ1v) is 8.17. The van der Waals surface area contributed by atoms with Gasteiger partial charge in [-0.1, -0.05) is 13.0 Å². The summed E-state index contributed by atoms with van der Waals surface area (Å²) in [5.41, 5.74) is 0.821. The minimum Gasteiger partial charge on any atom is -0.343 e. The van der Waals surface area contributed by atoms with Gasteiger partial charge in [0.15, 0.2) is 0 Å². The molecule has 2 rings (SSSR count). The zero-order valence-corrected chi connectivity index (χ0v) is 14.2. The molecule has 6 nitrogen and oxygen atoms in total. The molecule has 3 amide bonds. The Morgan fingerprint density at radius 2 is 2.13 bits per heavy atom. The van der Waals surface area contributed by atoms with E-state index in [4.69, 9.17) is 0 Å². The summed E-state index contributed by atoms with van der Waals surface area (Å²) in [5, 5.41) is 7.67. The van der Waals surface area contributed by atoms with Crippen molar-refractivity contribution in [1.82, 2.24) is 15.2 Å². The second kappa shape index (κ2) is 7.73. The standard InChI is InChI=1S/C16H20N4O2S/c1-4-12(14-6-5-9-23-14)19-16(22)18-11-7-8-17-13(10-11)15(21)20(2)3/h5-10,12H,4H2,1-3H3,(H2,17,18,19,22)/t12-/m0/s1. The number of hydrogen-bond donors (Lipinski definition) is 2. The van der Waals surface area contributed by atoms with Crippen LogP contribution in [-0.2, 0) is 0 Å². The smallest absolute Gasteiger partial charge is 0.319 e. The highest BCUT2D eigenvalue weighted by Crippen LogP contribution is 2.21. The van der Waals surface area contributed by atoms with Crippen molar-refractivity contribution in [2.24, 2.45) is 0 Å². The van der Waals surface area contributed by atoms with Crippen LogP contribution in [0.4, 0.5) is 10.5 Å². The average molecular weight is 332 g/mol. The lowest BCUT2D eigenvalue weighted by molar-refractivity contribution is 0.0822. The van der Waals surface area contributed by atoms with Crippen LogP contribution < -0.4 is 10.6 Å². The maximum atomic E-state index is 12.2. The Balaban J connectivity index is 2.03. The van der Waals surface area contributed by atoms with Gasteiger partial charge in [0.1, 0.15) is 5.69 Å². The lowest BCUT2D eigenvalue weighted by Crippen LogP contribution is -2.32. The largest absolute Gasteiger partial charge is 0.343 e.